The summed E-state index contributed by atoms with van der Waals surface area (Å²) in [4.78, 5) is 55.7. The molecule has 41 heavy (non-hydrogen) atoms. The van der Waals surface area contributed by atoms with Gasteiger partial charge in [-0.15, -0.1) is 0 Å². The Hall–Kier alpha value is -4.14. The maximum atomic E-state index is 14.0. The number of ether oxygens (including phenoxy) is 1. The fraction of sp³-hybridized carbons (Fsp3) is 0.414. The van der Waals surface area contributed by atoms with E-state index in [2.05, 4.69) is 0 Å². The van der Waals surface area contributed by atoms with Crippen LogP contribution in [0.25, 0.3) is 10.9 Å². The Morgan fingerprint density at radius 2 is 1.90 bits per heavy atom. The van der Waals surface area contributed by atoms with Crippen molar-refractivity contribution < 1.29 is 14.3 Å². The van der Waals surface area contributed by atoms with E-state index < -0.39 is 23.6 Å². The van der Waals surface area contributed by atoms with Crippen molar-refractivity contribution in [1.82, 2.24) is 14.0 Å². The van der Waals surface area contributed by atoms with Gasteiger partial charge in [0.1, 0.15) is 6.07 Å². The topological polar surface area (TPSA) is 144 Å². The monoisotopic (exact) mass is 578 g/mol. The molecule has 1 saturated carbocycles. The van der Waals surface area contributed by atoms with Gasteiger partial charge in [0.2, 0.25) is 0 Å². The number of halogens is 1. The van der Waals surface area contributed by atoms with Gasteiger partial charge < -0.3 is 15.4 Å². The van der Waals surface area contributed by atoms with Crippen molar-refractivity contribution in [3.63, 3.8) is 0 Å². The molecule has 0 bridgehead atoms. The van der Waals surface area contributed by atoms with Gasteiger partial charge in [-0.1, -0.05) is 18.5 Å². The summed E-state index contributed by atoms with van der Waals surface area (Å²) in [5, 5.41) is 9.80. The standard InChI is InChI=1S/C29H31ClN6O5/c1-3-17(2)35-24-9-8-20(12-22(24)26(37)34(29(35)40)15-18-4-5-18)36(21-7-6-19(14-31)23(30)13-21)27(38)25-16-33(28(32)39)10-11-41-25/h6-9,12-13,17-18,25H,3-5,10-11,15-16H2,1-2H3,(H2,32,39). The van der Waals surface area contributed by atoms with Gasteiger partial charge >= 0.3 is 11.7 Å². The van der Waals surface area contributed by atoms with Crippen LogP contribution in [-0.4, -0.2) is 51.8 Å². The van der Waals surface area contributed by atoms with Crippen LogP contribution in [0.1, 0.15) is 44.7 Å². The molecule has 2 aliphatic rings. The van der Waals surface area contributed by atoms with Crippen molar-refractivity contribution in [1.29, 1.82) is 5.26 Å². The Morgan fingerprint density at radius 3 is 2.54 bits per heavy atom. The molecule has 2 atom stereocenters. The minimum Gasteiger partial charge on any atom is -0.365 e. The fourth-order valence-electron chi connectivity index (χ4n) is 5.12. The van der Waals surface area contributed by atoms with Gasteiger partial charge in [-0.3, -0.25) is 23.6 Å². The van der Waals surface area contributed by atoms with E-state index >= 15 is 0 Å². The van der Waals surface area contributed by atoms with Crippen LogP contribution in [-0.2, 0) is 16.1 Å². The zero-order chi connectivity index (χ0) is 29.4. The third-order valence-corrected chi connectivity index (χ3v) is 8.10. The summed E-state index contributed by atoms with van der Waals surface area (Å²) in [7, 11) is 0. The fourth-order valence-corrected chi connectivity index (χ4v) is 5.34. The van der Waals surface area contributed by atoms with Gasteiger partial charge in [0.25, 0.3) is 11.5 Å². The van der Waals surface area contributed by atoms with Crippen LogP contribution >= 0.6 is 11.6 Å². The Morgan fingerprint density at radius 1 is 1.20 bits per heavy atom. The SMILES string of the molecule is CCC(C)n1c(=O)n(CC2CC2)c(=O)c2cc(N(C(=O)C3CN(C(N)=O)CCO3)c3ccc(C#N)c(Cl)c3)ccc21. The number of amides is 3. The molecule has 0 radical (unpaired) electrons. The smallest absolute Gasteiger partial charge is 0.331 e. The van der Waals surface area contributed by atoms with E-state index in [0.717, 1.165) is 12.8 Å². The normalized spacial score (nSPS) is 17.7. The van der Waals surface area contributed by atoms with Gasteiger partial charge in [-0.2, -0.15) is 5.26 Å². The highest BCUT2D eigenvalue weighted by molar-refractivity contribution is 6.32. The van der Waals surface area contributed by atoms with Crippen molar-refractivity contribution in [3.05, 3.63) is 67.8 Å². The van der Waals surface area contributed by atoms with E-state index in [0.29, 0.717) is 41.2 Å². The first-order chi connectivity index (χ1) is 19.6. The van der Waals surface area contributed by atoms with Crippen molar-refractivity contribution in [2.45, 2.75) is 51.8 Å². The molecule has 1 aliphatic heterocycles. The van der Waals surface area contributed by atoms with Crippen LogP contribution < -0.4 is 21.9 Å². The maximum Gasteiger partial charge on any atom is 0.331 e. The molecule has 2 heterocycles. The van der Waals surface area contributed by atoms with E-state index in [-0.39, 0.29) is 42.0 Å². The van der Waals surface area contributed by atoms with E-state index in [9.17, 15) is 24.4 Å². The zero-order valence-electron chi connectivity index (χ0n) is 22.9. The van der Waals surface area contributed by atoms with Crippen molar-refractivity contribution in [3.8, 4) is 6.07 Å². The third-order valence-electron chi connectivity index (χ3n) is 7.78. The lowest BCUT2D eigenvalue weighted by atomic mass is 10.1. The predicted molar refractivity (Wildman–Crippen MR) is 154 cm³/mol. The molecule has 1 aliphatic carbocycles. The first kappa shape index (κ1) is 28.4. The number of rotatable bonds is 7. The number of carbonyl (C=O) groups is 2. The number of hydrogen-bond donors (Lipinski definition) is 1. The molecule has 11 nitrogen and oxygen atoms in total. The van der Waals surface area contributed by atoms with E-state index in [1.165, 1.54) is 26.5 Å². The summed E-state index contributed by atoms with van der Waals surface area (Å²) in [6.45, 7) is 4.57. The lowest BCUT2D eigenvalue weighted by Gasteiger charge is -2.34. The van der Waals surface area contributed by atoms with Crippen LogP contribution in [0.3, 0.4) is 0 Å². The van der Waals surface area contributed by atoms with Gasteiger partial charge in [0.15, 0.2) is 6.10 Å². The number of primary amides is 1. The molecule has 1 saturated heterocycles. The molecule has 2 fully saturated rings. The average Bonchev–Trinajstić information content (AvgIpc) is 3.80. The zero-order valence-corrected chi connectivity index (χ0v) is 23.6. The highest BCUT2D eigenvalue weighted by Crippen LogP contribution is 2.33. The van der Waals surface area contributed by atoms with Crippen LogP contribution in [0.2, 0.25) is 5.02 Å². The number of nitriles is 1. The summed E-state index contributed by atoms with van der Waals surface area (Å²) < 4.78 is 8.69. The number of benzene rings is 2. The first-order valence-corrected chi connectivity index (χ1v) is 14.0. The first-order valence-electron chi connectivity index (χ1n) is 13.6. The van der Waals surface area contributed by atoms with E-state index in [1.807, 2.05) is 19.9 Å². The number of urea groups is 1. The number of anilines is 2. The van der Waals surface area contributed by atoms with Gasteiger partial charge in [-0.05, 0) is 68.5 Å². The van der Waals surface area contributed by atoms with E-state index in [4.69, 9.17) is 22.1 Å². The molecule has 12 heteroatoms. The van der Waals surface area contributed by atoms with Gasteiger partial charge in [0, 0.05) is 24.8 Å². The van der Waals surface area contributed by atoms with Crippen LogP contribution in [0, 0.1) is 17.2 Å². The van der Waals surface area contributed by atoms with Crippen molar-refractivity contribution in [2.24, 2.45) is 11.7 Å². The summed E-state index contributed by atoms with van der Waals surface area (Å²) in [6, 6.07) is 10.7. The lowest BCUT2D eigenvalue weighted by Crippen LogP contribution is -2.53. The number of morpholine rings is 1. The van der Waals surface area contributed by atoms with Crippen molar-refractivity contribution >= 4 is 45.8 Å². The molecule has 0 spiro atoms. The van der Waals surface area contributed by atoms with Crippen LogP contribution in [0.4, 0.5) is 16.2 Å². The highest BCUT2D eigenvalue weighted by Gasteiger charge is 2.34. The molecule has 2 unspecified atom stereocenters. The largest absolute Gasteiger partial charge is 0.365 e. The number of fused-ring (bicyclic) bond motifs is 1. The van der Waals surface area contributed by atoms with Gasteiger partial charge in [-0.25, -0.2) is 9.59 Å². The molecule has 214 valence electrons. The number of nitrogens with two attached hydrogens (primary N) is 1. The summed E-state index contributed by atoms with van der Waals surface area (Å²) in [5.41, 5.74) is 6.09. The second-order valence-electron chi connectivity index (χ2n) is 10.6. The molecule has 2 N–H and O–H groups in total. The Balaban J connectivity index is 1.69. The Labute approximate surface area is 241 Å². The quantitative estimate of drug-likeness (QED) is 0.454. The molecular formula is C29H31ClN6O5. The minimum absolute atomic E-state index is 0.0516. The highest BCUT2D eigenvalue weighted by atomic mass is 35.5. The van der Waals surface area contributed by atoms with E-state index in [1.54, 1.807) is 28.8 Å². The molecule has 5 rings (SSSR count). The molecule has 3 amide bonds. The lowest BCUT2D eigenvalue weighted by molar-refractivity contribution is -0.133. The molecule has 3 aromatic rings. The minimum atomic E-state index is -1.04. The second-order valence-corrected chi connectivity index (χ2v) is 11.0. The summed E-state index contributed by atoms with van der Waals surface area (Å²) in [5.74, 6) is -0.216. The maximum absolute atomic E-state index is 14.0. The summed E-state index contributed by atoms with van der Waals surface area (Å²) in [6.07, 6.45) is 1.58. The number of hydrogen-bond acceptors (Lipinski definition) is 6. The number of aromatic nitrogens is 2. The number of carbonyl (C=O) groups excluding carboxylic acids is 2. The Bertz CT molecular complexity index is 1690. The molecular weight excluding hydrogens is 548 g/mol. The predicted octanol–water partition coefficient (Wildman–Crippen LogP) is 3.51. The average molecular weight is 579 g/mol. The third kappa shape index (κ3) is 5.45. The van der Waals surface area contributed by atoms with Crippen LogP contribution in [0.5, 0.6) is 0 Å². The van der Waals surface area contributed by atoms with Gasteiger partial charge in [0.05, 0.1) is 40.3 Å². The molecule has 2 aromatic carbocycles. The molecule has 1 aromatic heterocycles. The van der Waals surface area contributed by atoms with Crippen molar-refractivity contribution in [2.75, 3.05) is 24.6 Å². The second kappa shape index (κ2) is 11.4. The number of nitrogens with zero attached hydrogens (tertiary/aromatic N) is 5. The Kier molecular flexibility index (Phi) is 7.89. The van der Waals surface area contributed by atoms with Crippen LogP contribution in [0.15, 0.2) is 46.0 Å². The summed E-state index contributed by atoms with van der Waals surface area (Å²) >= 11 is 6.35.